The maximum atomic E-state index is 14.4. The summed E-state index contributed by atoms with van der Waals surface area (Å²) in [7, 11) is 2.54. The second-order valence-corrected chi connectivity index (χ2v) is 5.96. The van der Waals surface area contributed by atoms with E-state index in [0.717, 1.165) is 22.9 Å². The van der Waals surface area contributed by atoms with E-state index in [1.54, 1.807) is 0 Å². The molecular formula is C16H13Cl2F3N2O5. The first-order chi connectivity index (χ1) is 13.1. The third kappa shape index (κ3) is 5.02. The molecular weight excluding hydrogens is 428 g/mol. The maximum Gasteiger partial charge on any atom is 0.388 e. The van der Waals surface area contributed by atoms with Crippen LogP contribution in [-0.2, 0) is 16.6 Å². The van der Waals surface area contributed by atoms with E-state index >= 15 is 0 Å². The van der Waals surface area contributed by atoms with E-state index in [4.69, 9.17) is 37.8 Å². The van der Waals surface area contributed by atoms with E-state index in [1.807, 2.05) is 0 Å². The van der Waals surface area contributed by atoms with E-state index in [-0.39, 0.29) is 39.4 Å². The number of aromatic nitrogens is 2. The van der Waals surface area contributed by atoms with Crippen molar-refractivity contribution < 1.29 is 37.3 Å². The van der Waals surface area contributed by atoms with Crippen molar-refractivity contribution in [1.82, 2.24) is 9.78 Å². The lowest BCUT2D eigenvalue weighted by atomic mass is 10.1. The number of carbonyl (C=O) groups is 1. The first-order valence-corrected chi connectivity index (χ1v) is 8.16. The maximum absolute atomic E-state index is 14.4. The zero-order valence-corrected chi connectivity index (χ0v) is 15.9. The molecule has 1 N–H and O–H groups in total. The summed E-state index contributed by atoms with van der Waals surface area (Å²) in [6.07, 6.45) is 0.780. The smallest absolute Gasteiger partial charge is 0.388 e. The lowest BCUT2D eigenvalue weighted by Crippen LogP contribution is -2.06. The van der Waals surface area contributed by atoms with Gasteiger partial charge in [0.2, 0.25) is 5.88 Å². The highest BCUT2D eigenvalue weighted by Gasteiger charge is 2.23. The van der Waals surface area contributed by atoms with Crippen molar-refractivity contribution in [3.05, 3.63) is 39.8 Å². The number of carboxylic acids is 1. The lowest BCUT2D eigenvalue weighted by molar-refractivity contribution is -0.131. The fourth-order valence-corrected chi connectivity index (χ4v) is 2.65. The van der Waals surface area contributed by atoms with E-state index in [2.05, 4.69) is 9.84 Å². The van der Waals surface area contributed by atoms with E-state index in [9.17, 15) is 18.0 Å². The number of nitrogens with zero attached hydrogens (tertiary/aromatic N) is 2. The summed E-state index contributed by atoms with van der Waals surface area (Å²) < 4.78 is 54.8. The minimum Gasteiger partial charge on any atom is -0.497 e. The summed E-state index contributed by atoms with van der Waals surface area (Å²) in [5.41, 5.74) is -0.364. The highest BCUT2D eigenvalue weighted by atomic mass is 35.5. The summed E-state index contributed by atoms with van der Waals surface area (Å²) in [6.45, 7) is -3.47. The van der Waals surface area contributed by atoms with Crippen LogP contribution in [0.25, 0.3) is 11.3 Å². The number of carboxylic acid groups (broad SMARTS) is 1. The van der Waals surface area contributed by atoms with Crippen molar-refractivity contribution in [3.8, 4) is 22.9 Å². The molecule has 1 aromatic heterocycles. The average Bonchev–Trinajstić information content (AvgIpc) is 2.87. The second-order valence-electron chi connectivity index (χ2n) is 5.17. The molecule has 1 aromatic carbocycles. The molecule has 0 fully saturated rings. The molecule has 0 bridgehead atoms. The van der Waals surface area contributed by atoms with Crippen LogP contribution in [0.3, 0.4) is 0 Å². The zero-order chi connectivity index (χ0) is 21.0. The number of methoxy groups -OCH3 is 1. The third-order valence-corrected chi connectivity index (χ3v) is 3.97. The van der Waals surface area contributed by atoms with E-state index in [1.165, 1.54) is 14.2 Å². The van der Waals surface area contributed by atoms with Crippen LogP contribution in [0.4, 0.5) is 13.2 Å². The van der Waals surface area contributed by atoms with Gasteiger partial charge in [-0.1, -0.05) is 23.2 Å². The molecule has 2 rings (SSSR count). The number of halogens is 5. The van der Waals surface area contributed by atoms with Crippen LogP contribution >= 0.6 is 23.2 Å². The predicted octanol–water partition coefficient (Wildman–Crippen LogP) is 4.13. The van der Waals surface area contributed by atoms with Crippen LogP contribution < -0.4 is 9.47 Å². The van der Waals surface area contributed by atoms with Gasteiger partial charge in [-0.15, -0.1) is 0 Å². The molecule has 0 aliphatic carbocycles. The number of aryl methyl sites for hydroxylation is 1. The molecule has 2 aromatic rings. The number of rotatable bonds is 8. The monoisotopic (exact) mass is 440 g/mol. The van der Waals surface area contributed by atoms with Crippen LogP contribution in [0, 0.1) is 5.82 Å². The highest BCUT2D eigenvalue weighted by molar-refractivity contribution is 6.34. The van der Waals surface area contributed by atoms with Gasteiger partial charge < -0.3 is 19.3 Å². The Morgan fingerprint density at radius 1 is 1.39 bits per heavy atom. The van der Waals surface area contributed by atoms with Gasteiger partial charge in [0.25, 0.3) is 0 Å². The Balaban J connectivity index is 2.40. The summed E-state index contributed by atoms with van der Waals surface area (Å²) in [5, 5.41) is 12.2. The zero-order valence-electron chi connectivity index (χ0n) is 14.4. The molecule has 0 spiro atoms. The molecule has 1 heterocycles. The second kappa shape index (κ2) is 9.07. The minimum atomic E-state index is -3.15. The molecule has 0 saturated heterocycles. The number of hydrogen-bond donors (Lipinski definition) is 1. The van der Waals surface area contributed by atoms with Gasteiger partial charge in [0.15, 0.2) is 0 Å². The van der Waals surface area contributed by atoms with E-state index in [0.29, 0.717) is 0 Å². The predicted molar refractivity (Wildman–Crippen MR) is 93.5 cm³/mol. The number of alkyl halides is 2. The van der Waals surface area contributed by atoms with Gasteiger partial charge in [-0.05, 0) is 12.1 Å². The van der Waals surface area contributed by atoms with Crippen molar-refractivity contribution in [3.63, 3.8) is 0 Å². The van der Waals surface area contributed by atoms with Crippen molar-refractivity contribution >= 4 is 29.2 Å². The van der Waals surface area contributed by atoms with Crippen molar-refractivity contribution in [1.29, 1.82) is 0 Å². The molecule has 0 unspecified atom stereocenters. The highest BCUT2D eigenvalue weighted by Crippen LogP contribution is 2.39. The Morgan fingerprint density at radius 2 is 2.07 bits per heavy atom. The SMILES string of the molecule is CO/C(=C/C(=O)O)COc1cc(-c2nn(C)c(OC(F)F)c2Cl)c(F)cc1Cl. The number of aliphatic carboxylic acids is 1. The molecule has 0 aliphatic heterocycles. The summed E-state index contributed by atoms with van der Waals surface area (Å²) in [6, 6.07) is 2.06. The molecule has 28 heavy (non-hydrogen) atoms. The third-order valence-electron chi connectivity index (χ3n) is 3.33. The Hall–Kier alpha value is -2.59. The lowest BCUT2D eigenvalue weighted by Gasteiger charge is -2.11. The first-order valence-electron chi connectivity index (χ1n) is 7.41. The normalized spacial score (nSPS) is 11.6. The van der Waals surface area contributed by atoms with Crippen LogP contribution in [-0.4, -0.2) is 41.2 Å². The average molecular weight is 441 g/mol. The Kier molecular flexibility index (Phi) is 7.03. The standard InChI is InChI=1S/C16H13Cl2F3N2O5/c1-23-15(28-16(20)21)13(18)14(22-23)8-4-11(9(17)5-10(8)19)27-6-7(26-2)3-12(24)25/h3-5,16H,6H2,1-2H3,(H,24,25)/b7-3+. The Bertz CT molecular complexity index is 918. The Labute approximate surface area is 166 Å². The summed E-state index contributed by atoms with van der Waals surface area (Å²) >= 11 is 11.9. The molecule has 0 saturated carbocycles. The minimum absolute atomic E-state index is 0.0297. The molecule has 0 aliphatic rings. The topological polar surface area (TPSA) is 82.8 Å². The van der Waals surface area contributed by atoms with Gasteiger partial charge in [-0.25, -0.2) is 13.9 Å². The first kappa shape index (κ1) is 21.7. The fourth-order valence-electron chi connectivity index (χ4n) is 2.13. The number of hydrogen-bond acceptors (Lipinski definition) is 5. The van der Waals surface area contributed by atoms with Crippen LogP contribution in [0.1, 0.15) is 0 Å². The summed E-state index contributed by atoms with van der Waals surface area (Å²) in [5.74, 6) is -2.61. The molecule has 152 valence electrons. The van der Waals surface area contributed by atoms with Crippen molar-refractivity contribution in [2.24, 2.45) is 7.05 Å². The summed E-state index contributed by atoms with van der Waals surface area (Å²) in [4.78, 5) is 10.7. The quantitative estimate of drug-likeness (QED) is 0.490. The van der Waals surface area contributed by atoms with Crippen molar-refractivity contribution in [2.75, 3.05) is 13.7 Å². The van der Waals surface area contributed by atoms with Gasteiger partial charge in [0.05, 0.1) is 18.2 Å². The van der Waals surface area contributed by atoms with Gasteiger partial charge in [0, 0.05) is 12.6 Å². The van der Waals surface area contributed by atoms with E-state index < -0.39 is 24.3 Å². The molecule has 0 amide bonds. The molecule has 7 nitrogen and oxygen atoms in total. The van der Waals surface area contributed by atoms with Crippen LogP contribution in [0.15, 0.2) is 24.0 Å². The number of ether oxygens (including phenoxy) is 3. The largest absolute Gasteiger partial charge is 0.497 e. The van der Waals surface area contributed by atoms with Crippen LogP contribution in [0.5, 0.6) is 11.6 Å². The van der Waals surface area contributed by atoms with Gasteiger partial charge in [-0.2, -0.15) is 13.9 Å². The van der Waals surface area contributed by atoms with Gasteiger partial charge in [0.1, 0.15) is 34.6 Å². The molecule has 12 heteroatoms. The molecule has 0 atom stereocenters. The van der Waals surface area contributed by atoms with Crippen molar-refractivity contribution in [2.45, 2.75) is 6.61 Å². The fraction of sp³-hybridized carbons (Fsp3) is 0.250. The van der Waals surface area contributed by atoms with Gasteiger partial charge in [-0.3, -0.25) is 0 Å². The Morgan fingerprint density at radius 3 is 2.64 bits per heavy atom. The molecule has 0 radical (unpaired) electrons. The number of benzene rings is 1. The van der Waals surface area contributed by atoms with Gasteiger partial charge >= 0.3 is 12.6 Å². The van der Waals surface area contributed by atoms with Crippen LogP contribution in [0.2, 0.25) is 10.0 Å².